The lowest BCUT2D eigenvalue weighted by Gasteiger charge is -1.98. The molecule has 0 aromatic rings. The molecule has 0 saturated carbocycles. The van der Waals surface area contributed by atoms with E-state index < -0.39 is 0 Å². The average Bonchev–Trinajstić information content (AvgIpc) is 2.18. The zero-order valence-electron chi connectivity index (χ0n) is 10.1. The van der Waals surface area contributed by atoms with E-state index in [1.807, 2.05) is 13.8 Å². The van der Waals surface area contributed by atoms with E-state index in [4.69, 9.17) is 10.8 Å². The van der Waals surface area contributed by atoms with Gasteiger partial charge in [0.15, 0.2) is 0 Å². The summed E-state index contributed by atoms with van der Waals surface area (Å²) in [5.41, 5.74) is 4.78. The summed E-state index contributed by atoms with van der Waals surface area (Å²) in [4.78, 5) is 0. The van der Waals surface area contributed by atoms with Crippen molar-refractivity contribution in [3.05, 3.63) is 0 Å². The lowest BCUT2D eigenvalue weighted by Crippen LogP contribution is -2.02. The van der Waals surface area contributed by atoms with Crippen molar-refractivity contribution in [2.24, 2.45) is 11.7 Å². The predicted octanol–water partition coefficient (Wildman–Crippen LogP) is 2.80. The first-order valence-electron chi connectivity index (χ1n) is 5.49. The second-order valence-corrected chi connectivity index (χ2v) is 3.05. The van der Waals surface area contributed by atoms with Crippen LogP contribution in [0.4, 0.5) is 0 Å². The molecule has 0 aliphatic rings. The summed E-state index contributed by atoms with van der Waals surface area (Å²) >= 11 is 0. The molecule has 0 amide bonds. The van der Waals surface area contributed by atoms with E-state index in [1.54, 1.807) is 0 Å². The molecule has 0 aliphatic carbocycles. The molecule has 0 spiro atoms. The van der Waals surface area contributed by atoms with Gasteiger partial charge in [0.2, 0.25) is 0 Å². The summed E-state index contributed by atoms with van der Waals surface area (Å²) in [5, 5.41) is 7.75. The van der Waals surface area contributed by atoms with Crippen LogP contribution < -0.4 is 5.73 Å². The molecule has 0 unspecified atom stereocenters. The number of rotatable bonds is 4. The molecule has 0 radical (unpaired) electrons. The van der Waals surface area contributed by atoms with Gasteiger partial charge in [0, 0.05) is 6.54 Å². The normalized spacial score (nSPS) is 8.31. The second kappa shape index (κ2) is 22.7. The van der Waals surface area contributed by atoms with Gasteiger partial charge in [-0.05, 0) is 5.92 Å². The Bertz CT molecular complexity index is 54.1. The van der Waals surface area contributed by atoms with Crippen molar-refractivity contribution in [3.8, 4) is 0 Å². The highest BCUT2D eigenvalue weighted by molar-refractivity contribution is 4.42. The highest BCUT2D eigenvalue weighted by Gasteiger charge is 1.88. The van der Waals surface area contributed by atoms with Crippen LogP contribution >= 0.6 is 0 Å². The Morgan fingerprint density at radius 3 is 1.69 bits per heavy atom. The number of aliphatic hydroxyl groups is 1. The summed E-state index contributed by atoms with van der Waals surface area (Å²) in [7, 11) is 0. The number of hydrogen-bond donors (Lipinski definition) is 2. The van der Waals surface area contributed by atoms with E-state index in [2.05, 4.69) is 20.8 Å². The van der Waals surface area contributed by atoms with Crippen LogP contribution in [0, 0.1) is 5.92 Å². The fraction of sp³-hybridized carbons (Fsp3) is 1.00. The smallest absolute Gasteiger partial charge is 0.0553 e. The summed E-state index contributed by atoms with van der Waals surface area (Å²) in [6.45, 7) is 11.3. The van der Waals surface area contributed by atoms with Gasteiger partial charge in [0.25, 0.3) is 0 Å². The van der Waals surface area contributed by atoms with E-state index in [0.717, 1.165) is 5.92 Å². The first kappa shape index (κ1) is 18.7. The standard InChI is InChI=1S/C7H16.C2H7NO.C2H6/c1-4-5-6-7(2)3;3-1-2-4;1-2/h7H,4-6H2,1-3H3;4H,1-3H2;1-2H3. The molecule has 84 valence electrons. The zero-order valence-corrected chi connectivity index (χ0v) is 10.1. The van der Waals surface area contributed by atoms with Gasteiger partial charge < -0.3 is 10.8 Å². The van der Waals surface area contributed by atoms with Gasteiger partial charge in [-0.3, -0.25) is 0 Å². The van der Waals surface area contributed by atoms with Gasteiger partial charge in [-0.2, -0.15) is 0 Å². The second-order valence-electron chi connectivity index (χ2n) is 3.05. The quantitative estimate of drug-likeness (QED) is 0.718. The third-order valence-corrected chi connectivity index (χ3v) is 1.26. The Balaban J connectivity index is -0.000000142. The molecule has 2 heteroatoms. The number of unbranched alkanes of at least 4 members (excludes halogenated alkanes) is 1. The maximum Gasteiger partial charge on any atom is 0.0553 e. The highest BCUT2D eigenvalue weighted by Crippen LogP contribution is 2.04. The number of hydrogen-bond acceptors (Lipinski definition) is 2. The molecule has 13 heavy (non-hydrogen) atoms. The summed E-state index contributed by atoms with van der Waals surface area (Å²) in [5.74, 6) is 0.903. The fourth-order valence-electron chi connectivity index (χ4n) is 0.612. The van der Waals surface area contributed by atoms with Crippen molar-refractivity contribution >= 4 is 0 Å². The van der Waals surface area contributed by atoms with Crippen LogP contribution in [0.3, 0.4) is 0 Å². The molecule has 0 rings (SSSR count). The Hall–Kier alpha value is -0.0800. The number of nitrogens with two attached hydrogens (primary N) is 1. The molecule has 0 aromatic heterocycles. The summed E-state index contributed by atoms with van der Waals surface area (Å²) in [6.07, 6.45) is 4.15. The molecular weight excluding hydrogens is 162 g/mol. The van der Waals surface area contributed by atoms with Gasteiger partial charge in [-0.15, -0.1) is 0 Å². The molecule has 0 heterocycles. The summed E-state index contributed by atoms with van der Waals surface area (Å²) < 4.78 is 0. The molecular formula is C11H29NO. The van der Waals surface area contributed by atoms with Crippen molar-refractivity contribution < 1.29 is 5.11 Å². The molecule has 0 aromatic carbocycles. The Morgan fingerprint density at radius 2 is 1.62 bits per heavy atom. The number of aliphatic hydroxyl groups excluding tert-OH is 1. The highest BCUT2D eigenvalue weighted by atomic mass is 16.3. The Kier molecular flexibility index (Phi) is 32.5. The lowest BCUT2D eigenvalue weighted by molar-refractivity contribution is 0.306. The van der Waals surface area contributed by atoms with E-state index in [-0.39, 0.29) is 6.61 Å². The van der Waals surface area contributed by atoms with Crippen LogP contribution in [-0.4, -0.2) is 18.3 Å². The van der Waals surface area contributed by atoms with Crippen LogP contribution in [-0.2, 0) is 0 Å². The van der Waals surface area contributed by atoms with Crippen molar-refractivity contribution in [3.63, 3.8) is 0 Å². The first-order valence-corrected chi connectivity index (χ1v) is 5.49. The van der Waals surface area contributed by atoms with E-state index >= 15 is 0 Å². The van der Waals surface area contributed by atoms with Gasteiger partial charge in [0.05, 0.1) is 6.61 Å². The molecule has 0 atom stereocenters. The minimum Gasteiger partial charge on any atom is -0.395 e. The van der Waals surface area contributed by atoms with Crippen LogP contribution in [0.25, 0.3) is 0 Å². The van der Waals surface area contributed by atoms with Crippen LogP contribution in [0.2, 0.25) is 0 Å². The molecule has 0 aliphatic heterocycles. The average molecular weight is 191 g/mol. The van der Waals surface area contributed by atoms with Crippen molar-refractivity contribution in [2.75, 3.05) is 13.2 Å². The van der Waals surface area contributed by atoms with Crippen LogP contribution in [0.15, 0.2) is 0 Å². The van der Waals surface area contributed by atoms with Gasteiger partial charge in [-0.1, -0.05) is 53.9 Å². The van der Waals surface area contributed by atoms with Crippen molar-refractivity contribution in [2.45, 2.75) is 53.9 Å². The topological polar surface area (TPSA) is 46.2 Å². The van der Waals surface area contributed by atoms with Crippen LogP contribution in [0.5, 0.6) is 0 Å². The maximum absolute atomic E-state index is 7.75. The van der Waals surface area contributed by atoms with E-state index in [0.29, 0.717) is 6.54 Å². The van der Waals surface area contributed by atoms with Crippen molar-refractivity contribution in [1.82, 2.24) is 0 Å². The van der Waals surface area contributed by atoms with Gasteiger partial charge in [0.1, 0.15) is 0 Å². The minimum atomic E-state index is 0.0972. The van der Waals surface area contributed by atoms with E-state index in [9.17, 15) is 0 Å². The SMILES string of the molecule is CC.CCCCC(C)C.NCCO. The summed E-state index contributed by atoms with van der Waals surface area (Å²) in [6, 6.07) is 0. The third-order valence-electron chi connectivity index (χ3n) is 1.26. The predicted molar refractivity (Wildman–Crippen MR) is 61.9 cm³/mol. The van der Waals surface area contributed by atoms with Gasteiger partial charge in [-0.25, -0.2) is 0 Å². The monoisotopic (exact) mass is 191 g/mol. The Morgan fingerprint density at radius 1 is 1.23 bits per heavy atom. The zero-order chi connectivity index (χ0) is 11.1. The van der Waals surface area contributed by atoms with Gasteiger partial charge >= 0.3 is 0 Å². The minimum absolute atomic E-state index is 0.0972. The third kappa shape index (κ3) is 48.5. The first-order chi connectivity index (χ1) is 6.18. The molecule has 0 fully saturated rings. The Labute approximate surface area is 84.5 Å². The lowest BCUT2D eigenvalue weighted by atomic mass is 10.1. The van der Waals surface area contributed by atoms with Crippen LogP contribution in [0.1, 0.15) is 53.9 Å². The maximum atomic E-state index is 7.75. The van der Waals surface area contributed by atoms with E-state index in [1.165, 1.54) is 19.3 Å². The molecule has 0 saturated heterocycles. The molecule has 2 nitrogen and oxygen atoms in total. The fourth-order valence-corrected chi connectivity index (χ4v) is 0.612. The molecule has 0 bridgehead atoms. The van der Waals surface area contributed by atoms with Crippen molar-refractivity contribution in [1.29, 1.82) is 0 Å². The largest absolute Gasteiger partial charge is 0.395 e. The molecule has 3 N–H and O–H groups in total.